The van der Waals surface area contributed by atoms with Crippen molar-refractivity contribution in [3.63, 3.8) is 0 Å². The molecule has 1 spiro atoms. The van der Waals surface area contributed by atoms with E-state index in [9.17, 15) is 9.59 Å². The Morgan fingerprint density at radius 1 is 1.20 bits per heavy atom. The summed E-state index contributed by atoms with van der Waals surface area (Å²) in [5, 5.41) is 3.04. The molecule has 2 aliphatic heterocycles. The van der Waals surface area contributed by atoms with Gasteiger partial charge >= 0.3 is 0 Å². The van der Waals surface area contributed by atoms with Crippen LogP contribution < -0.4 is 10.2 Å². The second-order valence-corrected chi connectivity index (χ2v) is 7.75. The summed E-state index contributed by atoms with van der Waals surface area (Å²) in [5.74, 6) is 0.0571. The highest BCUT2D eigenvalue weighted by molar-refractivity contribution is 6.15. The van der Waals surface area contributed by atoms with Crippen LogP contribution in [0, 0.1) is 0 Å². The lowest BCUT2D eigenvalue weighted by Gasteiger charge is -2.45. The van der Waals surface area contributed by atoms with Crippen LogP contribution in [0.25, 0.3) is 0 Å². The second-order valence-electron chi connectivity index (χ2n) is 7.75. The minimum Gasteiger partial charge on any atom is -0.322 e. The van der Waals surface area contributed by atoms with Gasteiger partial charge in [-0.3, -0.25) is 19.4 Å². The van der Waals surface area contributed by atoms with Crippen molar-refractivity contribution in [3.8, 4) is 0 Å². The van der Waals surface area contributed by atoms with E-state index < -0.39 is 5.54 Å². The number of hydrogen-bond acceptors (Lipinski definition) is 3. The number of amides is 2. The summed E-state index contributed by atoms with van der Waals surface area (Å²) in [5.41, 5.74) is 0.925. The van der Waals surface area contributed by atoms with Gasteiger partial charge in [-0.2, -0.15) is 0 Å². The smallest absolute Gasteiger partial charge is 0.250 e. The van der Waals surface area contributed by atoms with Crippen LogP contribution in [0.5, 0.6) is 0 Å². The zero-order valence-corrected chi connectivity index (χ0v) is 15.0. The molecule has 1 saturated heterocycles. The summed E-state index contributed by atoms with van der Waals surface area (Å²) in [6, 6.07) is 8.14. The molecule has 0 radical (unpaired) electrons. The van der Waals surface area contributed by atoms with Gasteiger partial charge in [0.05, 0.1) is 17.9 Å². The third kappa shape index (κ3) is 2.74. The van der Waals surface area contributed by atoms with Gasteiger partial charge in [0.1, 0.15) is 5.54 Å². The lowest BCUT2D eigenvalue weighted by atomic mass is 9.89. The molecule has 2 fully saturated rings. The fourth-order valence-electron chi connectivity index (χ4n) is 4.77. The number of likely N-dealkylation sites (tertiary alicyclic amines) is 1. The molecule has 1 atom stereocenters. The van der Waals surface area contributed by atoms with Crippen LogP contribution in [0.15, 0.2) is 24.3 Å². The van der Waals surface area contributed by atoms with Crippen LogP contribution in [0.3, 0.4) is 0 Å². The Labute approximate surface area is 149 Å². The fourth-order valence-corrected chi connectivity index (χ4v) is 4.77. The molecule has 5 heteroatoms. The summed E-state index contributed by atoms with van der Waals surface area (Å²) >= 11 is 0. The number of benzene rings is 1. The molecule has 1 aromatic carbocycles. The Balaban J connectivity index is 1.68. The van der Waals surface area contributed by atoms with Crippen LogP contribution in [-0.2, 0) is 9.59 Å². The predicted octanol–water partition coefficient (Wildman–Crippen LogP) is 3.16. The number of nitrogens with one attached hydrogen (secondary N) is 1. The lowest BCUT2D eigenvalue weighted by molar-refractivity contribution is -0.128. The van der Waals surface area contributed by atoms with Gasteiger partial charge in [-0.25, -0.2) is 0 Å². The Kier molecular flexibility index (Phi) is 4.28. The summed E-state index contributed by atoms with van der Waals surface area (Å²) in [6.07, 6.45) is 7.06. The molecule has 2 amide bonds. The first-order chi connectivity index (χ1) is 12.1. The van der Waals surface area contributed by atoms with Crippen molar-refractivity contribution >= 4 is 23.2 Å². The highest BCUT2D eigenvalue weighted by Crippen LogP contribution is 2.45. The maximum absolute atomic E-state index is 13.4. The first-order valence-electron chi connectivity index (χ1n) is 9.59. The van der Waals surface area contributed by atoms with Gasteiger partial charge in [0.15, 0.2) is 0 Å². The molecule has 1 N–H and O–H groups in total. The molecule has 1 saturated carbocycles. The van der Waals surface area contributed by atoms with Gasteiger partial charge in [0.2, 0.25) is 5.91 Å². The lowest BCUT2D eigenvalue weighted by Crippen LogP contribution is -2.62. The van der Waals surface area contributed by atoms with E-state index in [1.54, 1.807) is 0 Å². The molecular formula is C20H27N3O2. The number of carbonyl (C=O) groups is 2. The zero-order chi connectivity index (χ0) is 17.4. The van der Waals surface area contributed by atoms with Crippen molar-refractivity contribution in [2.45, 2.75) is 63.5 Å². The van der Waals surface area contributed by atoms with Gasteiger partial charge in [-0.05, 0) is 51.3 Å². The van der Waals surface area contributed by atoms with Crippen molar-refractivity contribution in [2.24, 2.45) is 0 Å². The van der Waals surface area contributed by atoms with E-state index >= 15 is 0 Å². The van der Waals surface area contributed by atoms with Crippen LogP contribution >= 0.6 is 0 Å². The van der Waals surface area contributed by atoms with Gasteiger partial charge in [0, 0.05) is 6.04 Å². The van der Waals surface area contributed by atoms with Gasteiger partial charge in [-0.15, -0.1) is 0 Å². The van der Waals surface area contributed by atoms with Crippen molar-refractivity contribution in [1.29, 1.82) is 0 Å². The van der Waals surface area contributed by atoms with Gasteiger partial charge in [-0.1, -0.05) is 31.4 Å². The molecule has 134 valence electrons. The minimum atomic E-state index is -0.690. The van der Waals surface area contributed by atoms with E-state index in [-0.39, 0.29) is 11.8 Å². The number of nitrogens with zero attached hydrogens (tertiary/aromatic N) is 2. The Morgan fingerprint density at radius 3 is 2.72 bits per heavy atom. The van der Waals surface area contributed by atoms with Crippen LogP contribution in [-0.4, -0.2) is 41.4 Å². The van der Waals surface area contributed by atoms with Crippen molar-refractivity contribution < 1.29 is 9.59 Å². The van der Waals surface area contributed by atoms with Gasteiger partial charge < -0.3 is 5.32 Å². The zero-order valence-electron chi connectivity index (χ0n) is 15.0. The Bertz CT molecular complexity index is 681. The molecule has 0 bridgehead atoms. The number of rotatable bonds is 2. The summed E-state index contributed by atoms with van der Waals surface area (Å²) < 4.78 is 0. The number of piperidine rings is 1. The number of anilines is 2. The first-order valence-corrected chi connectivity index (χ1v) is 9.59. The minimum absolute atomic E-state index is 0.0104. The van der Waals surface area contributed by atoms with Crippen molar-refractivity contribution in [2.75, 3.05) is 23.3 Å². The standard InChI is InChI=1S/C20H27N3O2/c1-15-8-4-7-13-22(15)14-18(24)23-17-10-3-2-9-16(17)21-19(25)20(23)11-5-6-12-20/h2-3,9-10,15H,4-8,11-14H2,1H3,(H,21,25)/t15-/m0/s1. The predicted molar refractivity (Wildman–Crippen MR) is 98.6 cm³/mol. The topological polar surface area (TPSA) is 52.7 Å². The molecule has 1 aliphatic carbocycles. The van der Waals surface area contributed by atoms with Crippen molar-refractivity contribution in [1.82, 2.24) is 4.90 Å². The Hall–Kier alpha value is -1.88. The Morgan fingerprint density at radius 2 is 1.96 bits per heavy atom. The SMILES string of the molecule is C[C@H]1CCCCN1CC(=O)N1c2ccccc2NC(=O)C12CCCC2. The molecule has 1 aromatic rings. The van der Waals surface area contributed by atoms with Crippen molar-refractivity contribution in [3.05, 3.63) is 24.3 Å². The maximum Gasteiger partial charge on any atom is 0.250 e. The van der Waals surface area contributed by atoms with E-state index in [2.05, 4.69) is 17.1 Å². The maximum atomic E-state index is 13.4. The summed E-state index contributed by atoms with van der Waals surface area (Å²) in [6.45, 7) is 3.58. The number of carbonyl (C=O) groups excluding carboxylic acids is 2. The summed E-state index contributed by atoms with van der Waals surface area (Å²) in [4.78, 5) is 30.4. The monoisotopic (exact) mass is 341 g/mol. The van der Waals surface area contributed by atoms with E-state index in [1.165, 1.54) is 6.42 Å². The number of fused-ring (bicyclic) bond motifs is 1. The highest BCUT2D eigenvalue weighted by Gasteiger charge is 2.52. The number of para-hydroxylation sites is 2. The molecule has 0 aromatic heterocycles. The molecule has 4 rings (SSSR count). The first kappa shape index (κ1) is 16.6. The largest absolute Gasteiger partial charge is 0.322 e. The van der Waals surface area contributed by atoms with Crippen LogP contribution in [0.4, 0.5) is 11.4 Å². The molecule has 25 heavy (non-hydrogen) atoms. The third-order valence-electron chi connectivity index (χ3n) is 6.20. The average Bonchev–Trinajstić information content (AvgIpc) is 3.08. The normalized spacial score (nSPS) is 25.7. The highest BCUT2D eigenvalue weighted by atomic mass is 16.2. The molecule has 0 unspecified atom stereocenters. The average molecular weight is 341 g/mol. The molecule has 2 heterocycles. The van der Waals surface area contributed by atoms with Crippen LogP contribution in [0.2, 0.25) is 0 Å². The molecule has 3 aliphatic rings. The van der Waals surface area contributed by atoms with E-state index in [0.29, 0.717) is 12.6 Å². The fraction of sp³-hybridized carbons (Fsp3) is 0.600. The van der Waals surface area contributed by atoms with E-state index in [1.807, 2.05) is 29.2 Å². The van der Waals surface area contributed by atoms with Gasteiger partial charge in [0.25, 0.3) is 5.91 Å². The summed E-state index contributed by atoms with van der Waals surface area (Å²) in [7, 11) is 0. The van der Waals surface area contributed by atoms with Crippen LogP contribution in [0.1, 0.15) is 51.9 Å². The second kappa shape index (κ2) is 6.45. The quantitative estimate of drug-likeness (QED) is 0.899. The molecular weight excluding hydrogens is 314 g/mol. The number of hydrogen-bond donors (Lipinski definition) is 1. The third-order valence-corrected chi connectivity index (χ3v) is 6.20. The van der Waals surface area contributed by atoms with E-state index in [0.717, 1.165) is 56.4 Å². The van der Waals surface area contributed by atoms with E-state index in [4.69, 9.17) is 0 Å². The molecule has 5 nitrogen and oxygen atoms in total.